The highest BCUT2D eigenvalue weighted by molar-refractivity contribution is 8.13. The van der Waals surface area contributed by atoms with Gasteiger partial charge in [0.1, 0.15) is 4.90 Å². The van der Waals surface area contributed by atoms with Crippen molar-refractivity contribution in [3.63, 3.8) is 0 Å². The van der Waals surface area contributed by atoms with Crippen molar-refractivity contribution in [2.45, 2.75) is 11.3 Å². The molecular formula is C7H2ClF5O3S. The van der Waals surface area contributed by atoms with E-state index in [9.17, 15) is 30.4 Å². The molecule has 10 heteroatoms. The van der Waals surface area contributed by atoms with E-state index >= 15 is 0 Å². The second kappa shape index (κ2) is 4.30. The normalized spacial score (nSPS) is 12.6. The lowest BCUT2D eigenvalue weighted by atomic mass is 10.3. The summed E-state index contributed by atoms with van der Waals surface area (Å²) in [4.78, 5) is -1.31. The van der Waals surface area contributed by atoms with E-state index in [1.54, 1.807) is 0 Å². The quantitative estimate of drug-likeness (QED) is 0.622. The molecule has 3 nitrogen and oxygen atoms in total. The monoisotopic (exact) mass is 296 g/mol. The largest absolute Gasteiger partial charge is 0.573 e. The van der Waals surface area contributed by atoms with Gasteiger partial charge in [-0.15, -0.1) is 13.2 Å². The topological polar surface area (TPSA) is 43.4 Å². The molecule has 0 aliphatic heterocycles. The van der Waals surface area contributed by atoms with Gasteiger partial charge < -0.3 is 4.74 Å². The lowest BCUT2D eigenvalue weighted by molar-refractivity contribution is -0.276. The molecule has 1 rings (SSSR count). The molecule has 96 valence electrons. The molecule has 0 amide bonds. The zero-order valence-electron chi connectivity index (χ0n) is 7.56. The van der Waals surface area contributed by atoms with Crippen LogP contribution in [-0.2, 0) is 9.05 Å². The Kier molecular flexibility index (Phi) is 3.53. The van der Waals surface area contributed by atoms with E-state index in [4.69, 9.17) is 10.7 Å². The number of rotatable bonds is 2. The van der Waals surface area contributed by atoms with Crippen LogP contribution < -0.4 is 4.74 Å². The van der Waals surface area contributed by atoms with Crippen LogP contribution in [0.15, 0.2) is 17.0 Å². The van der Waals surface area contributed by atoms with Crippen molar-refractivity contribution in [2.24, 2.45) is 0 Å². The van der Waals surface area contributed by atoms with Crippen molar-refractivity contribution in [1.29, 1.82) is 0 Å². The molecule has 1 aromatic carbocycles. The van der Waals surface area contributed by atoms with Gasteiger partial charge >= 0.3 is 6.36 Å². The molecule has 0 fully saturated rings. The maximum absolute atomic E-state index is 13.2. The van der Waals surface area contributed by atoms with Crippen molar-refractivity contribution in [1.82, 2.24) is 0 Å². The zero-order valence-corrected chi connectivity index (χ0v) is 9.13. The van der Waals surface area contributed by atoms with E-state index < -0.39 is 37.7 Å². The van der Waals surface area contributed by atoms with Crippen LogP contribution in [-0.4, -0.2) is 14.8 Å². The summed E-state index contributed by atoms with van der Waals surface area (Å²) in [7, 11) is 0.0872. The summed E-state index contributed by atoms with van der Waals surface area (Å²) in [5.41, 5.74) is 0. The fraction of sp³-hybridized carbons (Fsp3) is 0.143. The predicted octanol–water partition coefficient (Wildman–Crippen LogP) is 2.79. The fourth-order valence-electron chi connectivity index (χ4n) is 0.912. The predicted molar refractivity (Wildman–Crippen MR) is 46.1 cm³/mol. The Balaban J connectivity index is 3.41. The molecule has 1 aromatic rings. The Labute approximate surface area is 96.2 Å². The highest BCUT2D eigenvalue weighted by Crippen LogP contribution is 2.32. The van der Waals surface area contributed by atoms with Crippen LogP contribution in [0.2, 0.25) is 0 Å². The van der Waals surface area contributed by atoms with Crippen LogP contribution in [0.25, 0.3) is 0 Å². The van der Waals surface area contributed by atoms with Crippen molar-refractivity contribution in [3.05, 3.63) is 23.8 Å². The Morgan fingerprint density at radius 1 is 1.18 bits per heavy atom. The first-order valence-electron chi connectivity index (χ1n) is 3.71. The first-order chi connectivity index (χ1) is 7.52. The maximum atomic E-state index is 13.2. The van der Waals surface area contributed by atoms with E-state index in [-0.39, 0.29) is 0 Å². The second-order valence-corrected chi connectivity index (χ2v) is 5.21. The SMILES string of the molecule is O=S(=O)(Cl)c1ccc(F)c(OC(F)(F)F)c1F. The van der Waals surface area contributed by atoms with Gasteiger partial charge in [-0.25, -0.2) is 17.2 Å². The minimum absolute atomic E-state index is 0.291. The van der Waals surface area contributed by atoms with E-state index in [2.05, 4.69) is 4.74 Å². The second-order valence-electron chi connectivity index (χ2n) is 2.67. The summed E-state index contributed by atoms with van der Waals surface area (Å²) < 4.78 is 86.0. The fourth-order valence-corrected chi connectivity index (χ4v) is 1.81. The van der Waals surface area contributed by atoms with Crippen LogP contribution in [0, 0.1) is 11.6 Å². The lowest BCUT2D eigenvalue weighted by Gasteiger charge is -2.11. The van der Waals surface area contributed by atoms with Crippen molar-refractivity contribution in [2.75, 3.05) is 0 Å². The molecular weight excluding hydrogens is 295 g/mol. The molecule has 0 aliphatic rings. The van der Waals surface area contributed by atoms with Crippen LogP contribution >= 0.6 is 10.7 Å². The third kappa shape index (κ3) is 3.43. The Morgan fingerprint density at radius 3 is 2.12 bits per heavy atom. The van der Waals surface area contributed by atoms with Gasteiger partial charge in [-0.05, 0) is 12.1 Å². The van der Waals surface area contributed by atoms with E-state index in [1.165, 1.54) is 0 Å². The average Bonchev–Trinajstić information content (AvgIpc) is 2.08. The standard InChI is InChI=1S/C7H2ClF5O3S/c8-17(14,15)4-2-1-3(9)6(5(4)10)16-7(11,12)13/h1-2H. The van der Waals surface area contributed by atoms with Gasteiger partial charge in [-0.1, -0.05) is 0 Å². The van der Waals surface area contributed by atoms with Crippen LogP contribution in [0.1, 0.15) is 0 Å². The molecule has 17 heavy (non-hydrogen) atoms. The highest BCUT2D eigenvalue weighted by atomic mass is 35.7. The molecule has 0 bridgehead atoms. The van der Waals surface area contributed by atoms with Crippen LogP contribution in [0.4, 0.5) is 22.0 Å². The summed E-state index contributed by atoms with van der Waals surface area (Å²) >= 11 is 0. The summed E-state index contributed by atoms with van der Waals surface area (Å²) in [5, 5.41) is 0. The van der Waals surface area contributed by atoms with E-state index in [1.807, 2.05) is 0 Å². The number of ether oxygens (including phenoxy) is 1. The van der Waals surface area contributed by atoms with Gasteiger partial charge in [0.2, 0.25) is 5.75 Å². The minimum Gasteiger partial charge on any atom is -0.399 e. The third-order valence-electron chi connectivity index (χ3n) is 1.49. The Bertz CT molecular complexity index is 539. The van der Waals surface area contributed by atoms with Crippen molar-refractivity contribution in [3.8, 4) is 5.75 Å². The molecule has 0 atom stereocenters. The Hall–Kier alpha value is -1.09. The summed E-state index contributed by atoms with van der Waals surface area (Å²) in [6, 6.07) is 0.676. The first kappa shape index (κ1) is 14.0. The summed E-state index contributed by atoms with van der Waals surface area (Å²) in [5.74, 6) is -5.62. The molecule has 0 unspecified atom stereocenters. The van der Waals surface area contributed by atoms with Crippen LogP contribution in [0.3, 0.4) is 0 Å². The van der Waals surface area contributed by atoms with Gasteiger partial charge in [0.15, 0.2) is 11.6 Å². The van der Waals surface area contributed by atoms with Gasteiger partial charge in [0.05, 0.1) is 0 Å². The molecule has 0 saturated carbocycles. The van der Waals surface area contributed by atoms with Gasteiger partial charge in [0, 0.05) is 10.7 Å². The number of halogens is 6. The molecule has 0 radical (unpaired) electrons. The Morgan fingerprint density at radius 2 is 1.71 bits per heavy atom. The maximum Gasteiger partial charge on any atom is 0.573 e. The molecule has 0 saturated heterocycles. The van der Waals surface area contributed by atoms with Crippen LogP contribution in [0.5, 0.6) is 5.75 Å². The lowest BCUT2D eigenvalue weighted by Crippen LogP contribution is -2.19. The number of benzene rings is 1. The van der Waals surface area contributed by atoms with E-state index in [0.29, 0.717) is 12.1 Å². The molecule has 0 N–H and O–H groups in total. The zero-order chi connectivity index (χ0) is 13.4. The smallest absolute Gasteiger partial charge is 0.399 e. The summed E-state index contributed by atoms with van der Waals surface area (Å²) in [6.45, 7) is 0. The molecule has 0 heterocycles. The minimum atomic E-state index is -5.36. The number of hydrogen-bond acceptors (Lipinski definition) is 3. The highest BCUT2D eigenvalue weighted by Gasteiger charge is 2.35. The summed E-state index contributed by atoms with van der Waals surface area (Å²) in [6.07, 6.45) is -5.36. The van der Waals surface area contributed by atoms with Crippen molar-refractivity contribution < 1.29 is 35.1 Å². The van der Waals surface area contributed by atoms with Gasteiger partial charge in [0.25, 0.3) is 9.05 Å². The molecule has 0 aliphatic carbocycles. The average molecular weight is 297 g/mol. The van der Waals surface area contributed by atoms with Gasteiger partial charge in [-0.3, -0.25) is 0 Å². The molecule has 0 spiro atoms. The van der Waals surface area contributed by atoms with Crippen molar-refractivity contribution >= 4 is 19.7 Å². The van der Waals surface area contributed by atoms with E-state index in [0.717, 1.165) is 0 Å². The number of hydrogen-bond donors (Lipinski definition) is 0. The van der Waals surface area contributed by atoms with Gasteiger partial charge in [-0.2, -0.15) is 0 Å². The number of alkyl halides is 3. The third-order valence-corrected chi connectivity index (χ3v) is 2.83. The first-order valence-corrected chi connectivity index (χ1v) is 6.01. The molecule has 0 aromatic heterocycles.